The van der Waals surface area contributed by atoms with E-state index in [1.54, 1.807) is 21.3 Å². The molecule has 0 aromatic heterocycles. The van der Waals surface area contributed by atoms with E-state index in [4.69, 9.17) is 14.2 Å². The molecule has 22 heavy (non-hydrogen) atoms. The topological polar surface area (TPSA) is 39.7 Å². The molecule has 2 aromatic carbocycles. The highest BCUT2D eigenvalue weighted by molar-refractivity contribution is 9.10. The molecule has 0 saturated carbocycles. The minimum Gasteiger partial charge on any atom is -0.496 e. The Morgan fingerprint density at radius 3 is 2.14 bits per heavy atom. The van der Waals surface area contributed by atoms with E-state index in [9.17, 15) is 0 Å². The second-order valence-electron chi connectivity index (χ2n) is 4.86. The van der Waals surface area contributed by atoms with Crippen molar-refractivity contribution in [1.82, 2.24) is 0 Å². The van der Waals surface area contributed by atoms with Crippen LogP contribution in [0, 0.1) is 6.92 Å². The molecule has 0 spiro atoms. The van der Waals surface area contributed by atoms with E-state index < -0.39 is 0 Å². The highest BCUT2D eigenvalue weighted by Gasteiger charge is 2.12. The first-order valence-corrected chi connectivity index (χ1v) is 7.67. The van der Waals surface area contributed by atoms with E-state index in [1.807, 2.05) is 18.2 Å². The van der Waals surface area contributed by atoms with E-state index in [0.29, 0.717) is 18.0 Å². The molecule has 0 aliphatic heterocycles. The number of hydrogen-bond acceptors (Lipinski definition) is 4. The van der Waals surface area contributed by atoms with Gasteiger partial charge in [0, 0.05) is 28.3 Å². The second kappa shape index (κ2) is 7.40. The van der Waals surface area contributed by atoms with Gasteiger partial charge in [-0.15, -0.1) is 0 Å². The van der Waals surface area contributed by atoms with Crippen LogP contribution in [-0.4, -0.2) is 21.3 Å². The lowest BCUT2D eigenvalue weighted by Crippen LogP contribution is -2.04. The first-order valence-electron chi connectivity index (χ1n) is 6.88. The van der Waals surface area contributed by atoms with Gasteiger partial charge < -0.3 is 19.5 Å². The molecule has 0 aliphatic carbocycles. The molecular weight excluding hydrogens is 346 g/mol. The lowest BCUT2D eigenvalue weighted by atomic mass is 10.1. The third-order valence-electron chi connectivity index (χ3n) is 3.38. The zero-order valence-corrected chi connectivity index (χ0v) is 14.8. The summed E-state index contributed by atoms with van der Waals surface area (Å²) in [7, 11) is 4.88. The average Bonchev–Trinajstić information content (AvgIpc) is 2.53. The Balaban J connectivity index is 2.24. The SMILES string of the molecule is COc1cc(OC)c(OC)cc1CNc1ccc(C)cc1Br. The van der Waals surface area contributed by atoms with Crippen LogP contribution < -0.4 is 19.5 Å². The summed E-state index contributed by atoms with van der Waals surface area (Å²) in [6, 6.07) is 9.95. The molecule has 0 aliphatic rings. The number of halogens is 1. The molecule has 0 radical (unpaired) electrons. The lowest BCUT2D eigenvalue weighted by molar-refractivity contribution is 0.347. The fourth-order valence-corrected chi connectivity index (χ4v) is 2.82. The van der Waals surface area contributed by atoms with Crippen LogP contribution in [0.5, 0.6) is 17.2 Å². The van der Waals surface area contributed by atoms with Gasteiger partial charge in [-0.25, -0.2) is 0 Å². The molecule has 0 unspecified atom stereocenters. The summed E-state index contributed by atoms with van der Waals surface area (Å²) < 4.78 is 17.1. The van der Waals surface area contributed by atoms with Crippen LogP contribution >= 0.6 is 15.9 Å². The number of rotatable bonds is 6. The van der Waals surface area contributed by atoms with Crippen LogP contribution in [0.1, 0.15) is 11.1 Å². The molecule has 1 N–H and O–H groups in total. The van der Waals surface area contributed by atoms with Crippen LogP contribution in [0.25, 0.3) is 0 Å². The molecule has 0 saturated heterocycles. The maximum Gasteiger partial charge on any atom is 0.164 e. The Bertz CT molecular complexity index is 659. The Labute approximate surface area is 139 Å². The number of anilines is 1. The van der Waals surface area contributed by atoms with Gasteiger partial charge >= 0.3 is 0 Å². The fourth-order valence-electron chi connectivity index (χ4n) is 2.18. The zero-order chi connectivity index (χ0) is 16.1. The molecule has 0 bridgehead atoms. The van der Waals surface area contributed by atoms with E-state index in [0.717, 1.165) is 21.5 Å². The largest absolute Gasteiger partial charge is 0.496 e. The summed E-state index contributed by atoms with van der Waals surface area (Å²) >= 11 is 3.57. The van der Waals surface area contributed by atoms with Gasteiger partial charge in [-0.3, -0.25) is 0 Å². The first kappa shape index (κ1) is 16.5. The lowest BCUT2D eigenvalue weighted by Gasteiger charge is -2.15. The average molecular weight is 366 g/mol. The normalized spacial score (nSPS) is 10.2. The Morgan fingerprint density at radius 1 is 0.909 bits per heavy atom. The summed E-state index contributed by atoms with van der Waals surface area (Å²) in [6.07, 6.45) is 0. The van der Waals surface area contributed by atoms with E-state index in [-0.39, 0.29) is 0 Å². The summed E-state index contributed by atoms with van der Waals surface area (Å²) in [4.78, 5) is 0. The van der Waals surface area contributed by atoms with Crippen molar-refractivity contribution in [2.45, 2.75) is 13.5 Å². The molecule has 0 amide bonds. The van der Waals surface area contributed by atoms with E-state index >= 15 is 0 Å². The monoisotopic (exact) mass is 365 g/mol. The van der Waals surface area contributed by atoms with Crippen LogP contribution in [-0.2, 0) is 6.54 Å². The number of benzene rings is 2. The highest BCUT2D eigenvalue weighted by Crippen LogP contribution is 2.35. The molecule has 0 atom stereocenters. The third-order valence-corrected chi connectivity index (χ3v) is 4.04. The standard InChI is InChI=1S/C17H20BrNO3/c1-11-5-6-14(13(18)7-11)19-10-12-8-16(21-3)17(22-4)9-15(12)20-2/h5-9,19H,10H2,1-4H3. The first-order chi connectivity index (χ1) is 10.6. The van der Waals surface area contributed by atoms with Gasteiger partial charge in [0.2, 0.25) is 0 Å². The number of aryl methyl sites for hydroxylation is 1. The van der Waals surface area contributed by atoms with Gasteiger partial charge in [0.25, 0.3) is 0 Å². The summed E-state index contributed by atoms with van der Waals surface area (Å²) in [5.74, 6) is 2.09. The summed E-state index contributed by atoms with van der Waals surface area (Å²) in [5.41, 5.74) is 3.23. The minimum atomic E-state index is 0.616. The van der Waals surface area contributed by atoms with E-state index in [1.165, 1.54) is 5.56 Å². The Kier molecular flexibility index (Phi) is 5.55. The summed E-state index contributed by atoms with van der Waals surface area (Å²) in [5, 5.41) is 3.40. The van der Waals surface area contributed by atoms with Gasteiger partial charge in [-0.2, -0.15) is 0 Å². The van der Waals surface area contributed by atoms with Crippen LogP contribution in [0.15, 0.2) is 34.8 Å². The molecule has 2 rings (SSSR count). The number of hydrogen-bond donors (Lipinski definition) is 1. The zero-order valence-electron chi connectivity index (χ0n) is 13.2. The van der Waals surface area contributed by atoms with Crippen molar-refractivity contribution < 1.29 is 14.2 Å². The van der Waals surface area contributed by atoms with Crippen molar-refractivity contribution in [2.75, 3.05) is 26.6 Å². The van der Waals surface area contributed by atoms with Crippen LogP contribution in [0.4, 0.5) is 5.69 Å². The van der Waals surface area contributed by atoms with Crippen molar-refractivity contribution >= 4 is 21.6 Å². The van der Waals surface area contributed by atoms with Crippen molar-refractivity contribution in [3.8, 4) is 17.2 Å². The highest BCUT2D eigenvalue weighted by atomic mass is 79.9. The van der Waals surface area contributed by atoms with Gasteiger partial charge in [-0.1, -0.05) is 6.07 Å². The molecule has 0 heterocycles. The summed E-state index contributed by atoms with van der Waals surface area (Å²) in [6.45, 7) is 2.68. The van der Waals surface area contributed by atoms with Crippen LogP contribution in [0.2, 0.25) is 0 Å². The van der Waals surface area contributed by atoms with Gasteiger partial charge in [0.1, 0.15) is 5.75 Å². The smallest absolute Gasteiger partial charge is 0.164 e. The van der Waals surface area contributed by atoms with Gasteiger partial charge in [0.05, 0.1) is 21.3 Å². The predicted molar refractivity (Wildman–Crippen MR) is 92.3 cm³/mol. The Morgan fingerprint density at radius 2 is 1.55 bits per heavy atom. The maximum atomic E-state index is 5.44. The van der Waals surface area contributed by atoms with Crippen molar-refractivity contribution in [3.05, 3.63) is 45.9 Å². The molecule has 4 nitrogen and oxygen atoms in total. The van der Waals surface area contributed by atoms with E-state index in [2.05, 4.69) is 40.3 Å². The van der Waals surface area contributed by atoms with Crippen molar-refractivity contribution in [2.24, 2.45) is 0 Å². The number of ether oxygens (including phenoxy) is 3. The van der Waals surface area contributed by atoms with Crippen molar-refractivity contribution in [3.63, 3.8) is 0 Å². The minimum absolute atomic E-state index is 0.616. The number of methoxy groups -OCH3 is 3. The molecule has 5 heteroatoms. The third kappa shape index (κ3) is 3.65. The van der Waals surface area contributed by atoms with Gasteiger partial charge in [0.15, 0.2) is 11.5 Å². The Hall–Kier alpha value is -1.88. The quantitative estimate of drug-likeness (QED) is 0.823. The molecular formula is C17H20BrNO3. The van der Waals surface area contributed by atoms with Crippen LogP contribution in [0.3, 0.4) is 0 Å². The molecule has 2 aromatic rings. The van der Waals surface area contributed by atoms with Crippen molar-refractivity contribution in [1.29, 1.82) is 0 Å². The maximum absolute atomic E-state index is 5.44. The molecule has 0 fully saturated rings. The fraction of sp³-hybridized carbons (Fsp3) is 0.294. The van der Waals surface area contributed by atoms with Gasteiger partial charge in [-0.05, 0) is 46.6 Å². The predicted octanol–water partition coefficient (Wildman–Crippen LogP) is 4.40. The number of nitrogens with one attached hydrogen (secondary N) is 1. The molecule has 118 valence electrons. The second-order valence-corrected chi connectivity index (χ2v) is 5.71.